The molecule has 1 aromatic carbocycles. The van der Waals surface area contributed by atoms with Crippen LogP contribution in [-0.2, 0) is 9.59 Å². The molecular formula is C18H12F3N5O4S2. The highest BCUT2D eigenvalue weighted by molar-refractivity contribution is 8.14. The summed E-state index contributed by atoms with van der Waals surface area (Å²) in [4.78, 5) is 44.0. The maximum Gasteiger partial charge on any atom is 0.573 e. The van der Waals surface area contributed by atoms with Gasteiger partial charge in [-0.15, -0.1) is 24.5 Å². The van der Waals surface area contributed by atoms with Crippen molar-refractivity contribution in [1.82, 2.24) is 5.32 Å². The zero-order chi connectivity index (χ0) is 23.3. The van der Waals surface area contributed by atoms with Crippen molar-refractivity contribution in [1.29, 1.82) is 5.41 Å². The number of benzene rings is 1. The van der Waals surface area contributed by atoms with Gasteiger partial charge in [0.2, 0.25) is 5.91 Å². The zero-order valence-electron chi connectivity index (χ0n) is 15.7. The highest BCUT2D eigenvalue weighted by atomic mass is 32.2. The van der Waals surface area contributed by atoms with Gasteiger partial charge in [-0.1, -0.05) is 17.8 Å². The first-order chi connectivity index (χ1) is 15.1. The van der Waals surface area contributed by atoms with Crippen LogP contribution >= 0.6 is 23.1 Å². The van der Waals surface area contributed by atoms with E-state index in [9.17, 15) is 27.6 Å². The van der Waals surface area contributed by atoms with Crippen LogP contribution in [0, 0.1) is 5.41 Å². The number of carbonyl (C=O) groups is 3. The fourth-order valence-electron chi connectivity index (χ4n) is 2.25. The molecule has 0 bridgehead atoms. The van der Waals surface area contributed by atoms with Crippen molar-refractivity contribution in [3.63, 3.8) is 0 Å². The van der Waals surface area contributed by atoms with Gasteiger partial charge in [0, 0.05) is 5.69 Å². The predicted molar refractivity (Wildman–Crippen MR) is 114 cm³/mol. The third-order valence-electron chi connectivity index (χ3n) is 3.53. The van der Waals surface area contributed by atoms with Crippen molar-refractivity contribution in [3.8, 4) is 5.75 Å². The average Bonchev–Trinajstić information content (AvgIpc) is 3.24. The lowest BCUT2D eigenvalue weighted by Crippen LogP contribution is -2.43. The van der Waals surface area contributed by atoms with Gasteiger partial charge < -0.3 is 10.1 Å². The topological polar surface area (TPSA) is 133 Å². The van der Waals surface area contributed by atoms with Crippen LogP contribution in [0.3, 0.4) is 0 Å². The Morgan fingerprint density at radius 1 is 1.25 bits per heavy atom. The Morgan fingerprint density at radius 2 is 1.97 bits per heavy atom. The summed E-state index contributed by atoms with van der Waals surface area (Å²) in [6, 6.07) is 7.72. The zero-order valence-corrected chi connectivity index (χ0v) is 17.4. The van der Waals surface area contributed by atoms with E-state index in [1.54, 1.807) is 11.4 Å². The van der Waals surface area contributed by atoms with Crippen LogP contribution < -0.4 is 15.4 Å². The number of anilines is 1. The fraction of sp³-hybridized carbons (Fsp3) is 0.111. The second-order valence-electron chi connectivity index (χ2n) is 5.87. The highest BCUT2D eigenvalue weighted by Gasteiger charge is 2.31. The number of carbonyl (C=O) groups excluding carboxylic acids is 3. The van der Waals surface area contributed by atoms with Gasteiger partial charge in [0.1, 0.15) is 5.75 Å². The van der Waals surface area contributed by atoms with Gasteiger partial charge in [-0.05, 0) is 35.7 Å². The van der Waals surface area contributed by atoms with Crippen LogP contribution in [0.2, 0.25) is 0 Å². The molecule has 9 nitrogen and oxygen atoms in total. The number of thiophene rings is 1. The Bertz CT molecular complexity index is 1110. The van der Waals surface area contributed by atoms with Gasteiger partial charge >= 0.3 is 6.36 Å². The number of amidine groups is 2. The summed E-state index contributed by atoms with van der Waals surface area (Å²) in [6.07, 6.45) is -4.82. The summed E-state index contributed by atoms with van der Waals surface area (Å²) in [7, 11) is 0. The standard InChI is InChI=1S/C18H12F3N5O4S2/c19-18(20,21)30-10-5-3-9(4-6-10)23-12(27)8-32-17-25-14(22)13(16(29)26-17)24-15(28)11-2-1-7-31-11/h1-7H,8H2,(H,23,27)(H2,22,25,26,29). The molecule has 166 valence electrons. The molecule has 0 atom stereocenters. The van der Waals surface area contributed by atoms with Gasteiger partial charge in [-0.25, -0.2) is 4.99 Å². The first-order valence-electron chi connectivity index (χ1n) is 8.54. The molecule has 0 fully saturated rings. The van der Waals surface area contributed by atoms with E-state index in [-0.39, 0.29) is 16.6 Å². The fourth-order valence-corrected chi connectivity index (χ4v) is 3.51. The number of amides is 3. The molecule has 3 rings (SSSR count). The third-order valence-corrected chi connectivity index (χ3v) is 5.26. The lowest BCUT2D eigenvalue weighted by atomic mass is 10.3. The minimum atomic E-state index is -4.82. The van der Waals surface area contributed by atoms with E-state index < -0.39 is 41.4 Å². The second-order valence-corrected chi connectivity index (χ2v) is 7.78. The first kappa shape index (κ1) is 23.1. The van der Waals surface area contributed by atoms with E-state index in [2.05, 4.69) is 25.4 Å². The Balaban J connectivity index is 1.54. The maximum absolute atomic E-state index is 12.2. The SMILES string of the molecule is N=C1N=C(SCC(=O)Nc2ccc(OC(F)(F)F)cc2)NC(=O)C1=NC(=O)c1cccs1. The Kier molecular flexibility index (Phi) is 7.05. The average molecular weight is 483 g/mol. The molecule has 3 amide bonds. The minimum Gasteiger partial charge on any atom is -0.406 e. The van der Waals surface area contributed by atoms with Crippen LogP contribution in [0.25, 0.3) is 0 Å². The van der Waals surface area contributed by atoms with E-state index >= 15 is 0 Å². The summed E-state index contributed by atoms with van der Waals surface area (Å²) in [5.74, 6) is -3.19. The molecule has 14 heteroatoms. The molecule has 0 aliphatic carbocycles. The number of alkyl halides is 3. The Morgan fingerprint density at radius 3 is 2.56 bits per heavy atom. The molecule has 1 aliphatic rings. The van der Waals surface area contributed by atoms with E-state index in [4.69, 9.17) is 5.41 Å². The van der Waals surface area contributed by atoms with Crippen molar-refractivity contribution >= 4 is 63.2 Å². The molecule has 2 aromatic rings. The lowest BCUT2D eigenvalue weighted by Gasteiger charge is -2.14. The quantitative estimate of drug-likeness (QED) is 0.601. The van der Waals surface area contributed by atoms with Gasteiger partial charge in [-0.3, -0.25) is 25.1 Å². The maximum atomic E-state index is 12.2. The molecule has 0 unspecified atom stereocenters. The van der Waals surface area contributed by atoms with Crippen LogP contribution in [0.4, 0.5) is 18.9 Å². The van der Waals surface area contributed by atoms with Crippen molar-refractivity contribution < 1.29 is 32.3 Å². The number of ether oxygens (including phenoxy) is 1. The van der Waals surface area contributed by atoms with E-state index in [1.807, 2.05) is 0 Å². The molecule has 0 saturated heterocycles. The molecule has 0 saturated carbocycles. The number of halogens is 3. The summed E-state index contributed by atoms with van der Waals surface area (Å²) >= 11 is 1.95. The van der Waals surface area contributed by atoms with Gasteiger partial charge in [-0.2, -0.15) is 4.99 Å². The number of hydrogen-bond acceptors (Lipinski definition) is 7. The summed E-state index contributed by atoms with van der Waals surface area (Å²) in [5, 5.41) is 14.3. The molecule has 0 radical (unpaired) electrons. The Labute approximate surface area is 186 Å². The van der Waals surface area contributed by atoms with Crippen molar-refractivity contribution in [2.24, 2.45) is 9.98 Å². The molecule has 32 heavy (non-hydrogen) atoms. The van der Waals surface area contributed by atoms with Gasteiger partial charge in [0.25, 0.3) is 11.8 Å². The summed E-state index contributed by atoms with van der Waals surface area (Å²) < 4.78 is 40.2. The normalized spacial score (nSPS) is 15.2. The number of aliphatic imine (C=N–C) groups is 2. The first-order valence-corrected chi connectivity index (χ1v) is 10.4. The molecule has 0 spiro atoms. The highest BCUT2D eigenvalue weighted by Crippen LogP contribution is 2.24. The number of nitrogens with zero attached hydrogens (tertiary/aromatic N) is 2. The number of hydrogen-bond donors (Lipinski definition) is 3. The predicted octanol–water partition coefficient (Wildman–Crippen LogP) is 3.06. The van der Waals surface area contributed by atoms with Crippen LogP contribution in [-0.4, -0.2) is 46.6 Å². The largest absolute Gasteiger partial charge is 0.573 e. The molecule has 1 aliphatic heterocycles. The summed E-state index contributed by atoms with van der Waals surface area (Å²) in [6.45, 7) is 0. The third kappa shape index (κ3) is 6.49. The number of rotatable bonds is 5. The second kappa shape index (κ2) is 9.74. The smallest absolute Gasteiger partial charge is 0.406 e. The van der Waals surface area contributed by atoms with Crippen LogP contribution in [0.5, 0.6) is 5.75 Å². The van der Waals surface area contributed by atoms with Gasteiger partial charge in [0.05, 0.1) is 10.6 Å². The minimum absolute atomic E-state index is 0.0356. The van der Waals surface area contributed by atoms with Gasteiger partial charge in [0.15, 0.2) is 16.7 Å². The molecule has 1 aromatic heterocycles. The molecule has 2 heterocycles. The number of thioether (sulfide) groups is 1. The van der Waals surface area contributed by atoms with Crippen molar-refractivity contribution in [3.05, 3.63) is 46.7 Å². The number of nitrogens with one attached hydrogen (secondary N) is 3. The molecular weight excluding hydrogens is 471 g/mol. The van der Waals surface area contributed by atoms with Crippen molar-refractivity contribution in [2.75, 3.05) is 11.1 Å². The Hall–Kier alpha value is -3.52. The van der Waals surface area contributed by atoms with E-state index in [1.165, 1.54) is 18.2 Å². The van der Waals surface area contributed by atoms with Crippen LogP contribution in [0.1, 0.15) is 9.67 Å². The van der Waals surface area contributed by atoms with E-state index in [0.717, 1.165) is 35.2 Å². The van der Waals surface area contributed by atoms with Crippen LogP contribution in [0.15, 0.2) is 51.8 Å². The van der Waals surface area contributed by atoms with Crippen molar-refractivity contribution in [2.45, 2.75) is 6.36 Å². The molecule has 3 N–H and O–H groups in total. The lowest BCUT2D eigenvalue weighted by molar-refractivity contribution is -0.274. The summed E-state index contributed by atoms with van der Waals surface area (Å²) in [5.41, 5.74) is -0.215. The van der Waals surface area contributed by atoms with E-state index in [0.29, 0.717) is 4.88 Å². The monoisotopic (exact) mass is 483 g/mol.